The van der Waals surface area contributed by atoms with E-state index in [1.54, 1.807) is 28.5 Å². The van der Waals surface area contributed by atoms with Crippen LogP contribution in [0.4, 0.5) is 33.3 Å². The van der Waals surface area contributed by atoms with Gasteiger partial charge < -0.3 is 19.3 Å². The van der Waals surface area contributed by atoms with Crippen molar-refractivity contribution in [2.45, 2.75) is 49.0 Å². The Balaban J connectivity index is 1.37. The van der Waals surface area contributed by atoms with E-state index in [2.05, 4.69) is 15.3 Å². The maximum Gasteiger partial charge on any atom is 0.410 e. The van der Waals surface area contributed by atoms with Crippen molar-refractivity contribution < 1.29 is 50.1 Å². The van der Waals surface area contributed by atoms with Gasteiger partial charge in [-0.2, -0.15) is 13.2 Å². The average molecular weight is 752 g/mol. The predicted octanol–water partition coefficient (Wildman–Crippen LogP) is 7.02. The molecule has 1 saturated heterocycles. The van der Waals surface area contributed by atoms with E-state index in [9.17, 15) is 31.5 Å². The summed E-state index contributed by atoms with van der Waals surface area (Å²) in [4.78, 5) is 20.8. The summed E-state index contributed by atoms with van der Waals surface area (Å²) in [6.45, 7) is -0.232. The Morgan fingerprint density at radius 2 is 1.94 bits per heavy atom. The molecule has 0 aliphatic carbocycles. The molecule has 2 aliphatic rings. The van der Waals surface area contributed by atoms with Crippen LogP contribution in [0, 0.1) is 11.7 Å². The molecule has 2 N–H and O–H groups in total. The summed E-state index contributed by atoms with van der Waals surface area (Å²) >= 11 is 1.04. The van der Waals surface area contributed by atoms with Crippen molar-refractivity contribution in [3.8, 4) is 17.2 Å². The van der Waals surface area contributed by atoms with Gasteiger partial charge in [-0.15, -0.1) is 11.3 Å². The number of rotatable bonds is 10. The van der Waals surface area contributed by atoms with E-state index in [4.69, 9.17) is 14.2 Å². The number of hydrogen-bond acceptors (Lipinski definition) is 10. The van der Waals surface area contributed by atoms with Gasteiger partial charge in [-0.1, -0.05) is 6.07 Å². The van der Waals surface area contributed by atoms with Crippen LogP contribution in [0.15, 0.2) is 65.0 Å². The number of pyridine rings is 1. The van der Waals surface area contributed by atoms with Gasteiger partial charge in [0.05, 0.1) is 45.0 Å². The van der Waals surface area contributed by atoms with Gasteiger partial charge >= 0.3 is 12.3 Å². The van der Waals surface area contributed by atoms with E-state index < -0.39 is 51.0 Å². The SMILES string of the molecule is COc1ccc(CN(c2nccs2)S(=O)(=O)c2cc3c(cc2F)[C@@H](N2CC[C@@H](C(F)(F)F)C[C@H]2c2cccc(NC(=O)O)n2)CCO3)c(OC)c1. The molecule has 0 unspecified atom stereocenters. The zero-order chi connectivity index (χ0) is 36.5. The largest absolute Gasteiger partial charge is 0.497 e. The number of thiazole rings is 1. The van der Waals surface area contributed by atoms with Crippen molar-refractivity contribution in [1.82, 2.24) is 14.9 Å². The number of alkyl halides is 3. The maximum atomic E-state index is 16.2. The highest BCUT2D eigenvalue weighted by atomic mass is 32.2. The molecule has 0 radical (unpaired) electrons. The normalized spacial score (nSPS) is 19.5. The highest BCUT2D eigenvalue weighted by molar-refractivity contribution is 7.93. The first-order valence-electron chi connectivity index (χ1n) is 15.7. The van der Waals surface area contributed by atoms with Crippen molar-refractivity contribution in [2.75, 3.05) is 37.0 Å². The number of halogens is 4. The first-order valence-corrected chi connectivity index (χ1v) is 18.0. The number of carbonyl (C=O) groups is 1. The minimum absolute atomic E-state index is 0.0413. The predicted molar refractivity (Wildman–Crippen MR) is 178 cm³/mol. The van der Waals surface area contributed by atoms with Crippen LogP contribution in [0.3, 0.4) is 0 Å². The van der Waals surface area contributed by atoms with E-state index >= 15 is 4.39 Å². The molecule has 2 aromatic carbocycles. The molecule has 0 saturated carbocycles. The second-order valence-electron chi connectivity index (χ2n) is 11.9. The molecule has 12 nitrogen and oxygen atoms in total. The third kappa shape index (κ3) is 7.52. The average Bonchev–Trinajstić information content (AvgIpc) is 3.64. The van der Waals surface area contributed by atoms with E-state index in [-0.39, 0.29) is 66.9 Å². The minimum atomic E-state index is -4.63. The number of nitrogens with zero attached hydrogens (tertiary/aromatic N) is 4. The number of hydrogen-bond donors (Lipinski definition) is 2. The smallest absolute Gasteiger partial charge is 0.410 e. The molecular weight excluding hydrogens is 719 g/mol. The number of ether oxygens (including phenoxy) is 3. The summed E-state index contributed by atoms with van der Waals surface area (Å²) in [6, 6.07) is 9.81. The van der Waals surface area contributed by atoms with E-state index in [1.165, 1.54) is 38.6 Å². The van der Waals surface area contributed by atoms with Crippen LogP contribution in [0.1, 0.15) is 48.2 Å². The molecule has 18 heteroatoms. The fourth-order valence-corrected chi connectivity index (χ4v) is 8.86. The Labute approximate surface area is 294 Å². The lowest BCUT2D eigenvalue weighted by Gasteiger charge is -2.45. The van der Waals surface area contributed by atoms with Crippen molar-refractivity contribution in [3.63, 3.8) is 0 Å². The van der Waals surface area contributed by atoms with Crippen molar-refractivity contribution in [2.24, 2.45) is 5.92 Å². The summed E-state index contributed by atoms with van der Waals surface area (Å²) in [5.74, 6) is -1.90. The summed E-state index contributed by atoms with van der Waals surface area (Å²) in [5, 5.41) is 13.0. The zero-order valence-electron chi connectivity index (χ0n) is 27.3. The highest BCUT2D eigenvalue weighted by Gasteiger charge is 2.47. The molecule has 4 aromatic rings. The van der Waals surface area contributed by atoms with Gasteiger partial charge in [0.1, 0.15) is 33.8 Å². The number of carboxylic acid groups (broad SMARTS) is 1. The standard InChI is InChI=1S/C33H33F4N5O7S2/c1-47-21-7-6-19(27(15-21)48-2)18-42(31-38-10-13-50-31)51(45,46)29-17-28-22(16-23(29)34)25(9-12-49-28)41-11-8-20(33(35,36)37)14-26(41)24-4-3-5-30(39-24)40-32(43)44/h3-7,10,13,15-17,20,25-26H,8-9,11-12,14,18H2,1-2H3,(H,39,40)(H,43,44)/t20-,25+,26+/m1/s1. The number of benzene rings is 2. The number of nitrogens with one attached hydrogen (secondary N) is 1. The molecule has 3 atom stereocenters. The van der Waals surface area contributed by atoms with Crippen LogP contribution in [-0.2, 0) is 16.6 Å². The Hall–Kier alpha value is -4.68. The summed E-state index contributed by atoms with van der Waals surface area (Å²) < 4.78 is 104. The third-order valence-corrected chi connectivity index (χ3v) is 11.6. The fraction of sp³-hybridized carbons (Fsp3) is 0.364. The Kier molecular flexibility index (Phi) is 10.3. The number of aromatic nitrogens is 2. The molecule has 272 valence electrons. The number of piperidine rings is 1. The topological polar surface area (TPSA) is 143 Å². The van der Waals surface area contributed by atoms with E-state index in [0.717, 1.165) is 27.8 Å². The van der Waals surface area contributed by atoms with Gasteiger partial charge in [0.25, 0.3) is 10.0 Å². The number of methoxy groups -OCH3 is 2. The molecule has 1 fully saturated rings. The number of likely N-dealkylation sites (tertiary alicyclic amines) is 1. The van der Waals surface area contributed by atoms with Crippen LogP contribution >= 0.6 is 11.3 Å². The van der Waals surface area contributed by atoms with E-state index in [1.807, 2.05) is 0 Å². The number of anilines is 2. The van der Waals surface area contributed by atoms with Crippen molar-refractivity contribution in [3.05, 3.63) is 82.7 Å². The molecule has 1 amide bonds. The lowest BCUT2D eigenvalue weighted by atomic mass is 9.85. The van der Waals surface area contributed by atoms with Gasteiger partial charge in [-0.25, -0.2) is 31.9 Å². The number of sulfonamides is 1. The molecule has 4 heterocycles. The van der Waals surface area contributed by atoms with Crippen LogP contribution in [-0.4, -0.2) is 68.0 Å². The van der Waals surface area contributed by atoms with Gasteiger partial charge in [-0.05, 0) is 43.2 Å². The summed E-state index contributed by atoms with van der Waals surface area (Å²) in [6.07, 6.45) is -4.78. The first-order chi connectivity index (χ1) is 24.3. The molecule has 0 spiro atoms. The lowest BCUT2D eigenvalue weighted by Crippen LogP contribution is -2.44. The number of fused-ring (bicyclic) bond motifs is 1. The molecule has 51 heavy (non-hydrogen) atoms. The van der Waals surface area contributed by atoms with Gasteiger partial charge in [-0.3, -0.25) is 10.2 Å². The molecular formula is C33H33F4N5O7S2. The van der Waals surface area contributed by atoms with Crippen LogP contribution in [0.5, 0.6) is 17.2 Å². The number of amides is 1. The summed E-state index contributed by atoms with van der Waals surface area (Å²) in [7, 11) is -1.72. The second kappa shape index (κ2) is 14.5. The first kappa shape index (κ1) is 36.1. The fourth-order valence-electron chi connectivity index (χ4n) is 6.52. The summed E-state index contributed by atoms with van der Waals surface area (Å²) in [5.41, 5.74) is 0.929. The minimum Gasteiger partial charge on any atom is -0.497 e. The molecule has 2 aromatic heterocycles. The van der Waals surface area contributed by atoms with Crippen LogP contribution < -0.4 is 23.8 Å². The Morgan fingerprint density at radius 1 is 1.14 bits per heavy atom. The second-order valence-corrected chi connectivity index (χ2v) is 14.6. The Morgan fingerprint density at radius 3 is 2.63 bits per heavy atom. The lowest BCUT2D eigenvalue weighted by molar-refractivity contribution is -0.192. The highest BCUT2D eigenvalue weighted by Crippen LogP contribution is 2.48. The Bertz CT molecular complexity index is 2000. The van der Waals surface area contributed by atoms with Crippen LogP contribution in [0.25, 0.3) is 0 Å². The molecule has 6 rings (SSSR count). The van der Waals surface area contributed by atoms with Crippen molar-refractivity contribution >= 4 is 38.4 Å². The maximum absolute atomic E-state index is 16.2. The third-order valence-electron chi connectivity index (χ3n) is 8.94. The van der Waals surface area contributed by atoms with E-state index in [0.29, 0.717) is 17.1 Å². The quantitative estimate of drug-likeness (QED) is 0.162. The monoisotopic (exact) mass is 751 g/mol. The van der Waals surface area contributed by atoms with Gasteiger partial charge in [0.2, 0.25) is 0 Å². The zero-order valence-corrected chi connectivity index (χ0v) is 28.9. The van der Waals surface area contributed by atoms with Crippen molar-refractivity contribution in [1.29, 1.82) is 0 Å². The van der Waals surface area contributed by atoms with Gasteiger partial charge in [0.15, 0.2) is 5.13 Å². The molecule has 2 aliphatic heterocycles. The van der Waals surface area contributed by atoms with Gasteiger partial charge in [0, 0.05) is 53.8 Å². The van der Waals surface area contributed by atoms with Crippen LogP contribution in [0.2, 0.25) is 0 Å². The molecule has 0 bridgehead atoms.